The number of para-hydroxylation sites is 2. The first-order chi connectivity index (χ1) is 35.4. The molecule has 0 aliphatic heterocycles. The third-order valence-electron chi connectivity index (χ3n) is 16.4. The molecule has 10 aromatic rings. The standard InChI is InChI=1S/C71H58N2/c1-69(2)63-25-17-16-24-57(63)60-39-35-55(45-66(60)69)73(53-32-30-50(31-33-53)49-18-10-7-11-19-49)56-36-41-62-59-38-29-48(43-65(59)71(5,6)68(62)46-56)27-26-47-28-37-58-61-40-34-54(44-67(61)70(3,4)64(58)42-47)72(51-20-12-8-13-21-51)52-22-14-9-15-23-52/h7-46H,1-6H3. The Morgan fingerprint density at radius 1 is 0.247 bits per heavy atom. The van der Waals surface area contributed by atoms with E-state index in [0.29, 0.717) is 0 Å². The maximum Gasteiger partial charge on any atom is 0.0465 e. The van der Waals surface area contributed by atoms with Gasteiger partial charge in [0.2, 0.25) is 0 Å². The molecule has 0 saturated carbocycles. The van der Waals surface area contributed by atoms with Gasteiger partial charge in [-0.25, -0.2) is 0 Å². The Morgan fingerprint density at radius 3 is 1.00 bits per heavy atom. The summed E-state index contributed by atoms with van der Waals surface area (Å²) in [5, 5.41) is 0. The van der Waals surface area contributed by atoms with E-state index in [4.69, 9.17) is 0 Å². The second kappa shape index (κ2) is 16.8. The van der Waals surface area contributed by atoms with Crippen LogP contribution in [0.5, 0.6) is 0 Å². The molecule has 0 amide bonds. The normalized spacial score (nSPS) is 14.7. The van der Waals surface area contributed by atoms with Crippen molar-refractivity contribution in [2.24, 2.45) is 0 Å². The summed E-state index contributed by atoms with van der Waals surface area (Å²) in [5.41, 5.74) is 27.4. The van der Waals surface area contributed by atoms with E-state index in [0.717, 1.165) is 34.1 Å². The minimum Gasteiger partial charge on any atom is -0.310 e. The van der Waals surface area contributed by atoms with Gasteiger partial charge in [-0.05, 0) is 162 Å². The third kappa shape index (κ3) is 7.22. The fraction of sp³-hybridized carbons (Fsp3) is 0.127. The summed E-state index contributed by atoms with van der Waals surface area (Å²) in [6.45, 7) is 14.3. The van der Waals surface area contributed by atoms with Crippen molar-refractivity contribution in [3.05, 3.63) is 275 Å². The number of rotatable bonds is 9. The maximum atomic E-state index is 2.46. The lowest BCUT2D eigenvalue weighted by atomic mass is 9.81. The Labute approximate surface area is 431 Å². The van der Waals surface area contributed by atoms with Crippen LogP contribution >= 0.6 is 0 Å². The van der Waals surface area contributed by atoms with Crippen LogP contribution in [-0.4, -0.2) is 0 Å². The highest BCUT2D eigenvalue weighted by atomic mass is 15.1. The summed E-state index contributed by atoms with van der Waals surface area (Å²) in [4.78, 5) is 4.82. The van der Waals surface area contributed by atoms with E-state index in [2.05, 4.69) is 294 Å². The average Bonchev–Trinajstić information content (AvgIpc) is 3.90. The molecule has 73 heavy (non-hydrogen) atoms. The van der Waals surface area contributed by atoms with E-state index in [1.165, 1.54) is 89.0 Å². The molecule has 0 fully saturated rings. The summed E-state index contributed by atoms with van der Waals surface area (Å²) < 4.78 is 0. The predicted octanol–water partition coefficient (Wildman–Crippen LogP) is 19.4. The monoisotopic (exact) mass is 938 g/mol. The third-order valence-corrected chi connectivity index (χ3v) is 16.4. The van der Waals surface area contributed by atoms with Gasteiger partial charge >= 0.3 is 0 Å². The van der Waals surface area contributed by atoms with Gasteiger partial charge in [0.25, 0.3) is 0 Å². The van der Waals surface area contributed by atoms with Crippen molar-refractivity contribution in [1.82, 2.24) is 0 Å². The Morgan fingerprint density at radius 2 is 0.548 bits per heavy atom. The van der Waals surface area contributed by atoms with Gasteiger partial charge in [0, 0.05) is 50.4 Å². The topological polar surface area (TPSA) is 6.48 Å². The van der Waals surface area contributed by atoms with Crippen LogP contribution in [0.3, 0.4) is 0 Å². The second-order valence-corrected chi connectivity index (χ2v) is 21.8. The van der Waals surface area contributed by atoms with Gasteiger partial charge in [-0.1, -0.05) is 211 Å². The van der Waals surface area contributed by atoms with Gasteiger partial charge in [-0.15, -0.1) is 0 Å². The molecular weight excluding hydrogens is 881 g/mol. The van der Waals surface area contributed by atoms with Gasteiger partial charge in [-0.3, -0.25) is 0 Å². The van der Waals surface area contributed by atoms with Crippen molar-refractivity contribution in [2.45, 2.75) is 57.8 Å². The average molecular weight is 939 g/mol. The summed E-state index contributed by atoms with van der Waals surface area (Å²) in [6.07, 6.45) is 4.59. The van der Waals surface area contributed by atoms with Crippen molar-refractivity contribution in [3.8, 4) is 44.5 Å². The highest BCUT2D eigenvalue weighted by molar-refractivity contribution is 5.91. The predicted molar refractivity (Wildman–Crippen MR) is 309 cm³/mol. The SMILES string of the molecule is CC1(C)c2ccccc2-c2ccc(N(c3ccc(-c4ccccc4)cc3)c3ccc4c(c3)C(C)(C)c3cc(C=Cc5ccc6c(c5)C(C)(C)c5cc(N(c7ccccc7)c7ccccc7)ccc5-6)ccc3-4)cc21. The molecule has 0 N–H and O–H groups in total. The molecule has 10 aromatic carbocycles. The molecule has 0 saturated heterocycles. The van der Waals surface area contributed by atoms with Crippen LogP contribution in [0.1, 0.15) is 86.1 Å². The van der Waals surface area contributed by atoms with Crippen LogP contribution < -0.4 is 9.80 Å². The Balaban J connectivity index is 0.812. The first-order valence-corrected chi connectivity index (χ1v) is 25.8. The number of hydrogen-bond acceptors (Lipinski definition) is 2. The molecule has 0 bridgehead atoms. The van der Waals surface area contributed by atoms with Gasteiger partial charge in [-0.2, -0.15) is 0 Å². The van der Waals surface area contributed by atoms with Crippen molar-refractivity contribution < 1.29 is 0 Å². The number of hydrogen-bond donors (Lipinski definition) is 0. The molecule has 2 heteroatoms. The zero-order valence-electron chi connectivity index (χ0n) is 42.5. The quantitative estimate of drug-likeness (QED) is 0.133. The zero-order valence-corrected chi connectivity index (χ0v) is 42.5. The zero-order chi connectivity index (χ0) is 49.6. The summed E-state index contributed by atoms with van der Waals surface area (Å²) >= 11 is 0. The molecule has 3 aliphatic rings. The van der Waals surface area contributed by atoms with Crippen molar-refractivity contribution in [2.75, 3.05) is 9.80 Å². The lowest BCUT2D eigenvalue weighted by Gasteiger charge is -2.30. The molecule has 0 radical (unpaired) electrons. The van der Waals surface area contributed by atoms with E-state index in [9.17, 15) is 0 Å². The number of anilines is 6. The van der Waals surface area contributed by atoms with Gasteiger partial charge in [0.05, 0.1) is 0 Å². The summed E-state index contributed by atoms with van der Waals surface area (Å²) in [5.74, 6) is 0. The van der Waals surface area contributed by atoms with Crippen LogP contribution in [0.15, 0.2) is 231 Å². The van der Waals surface area contributed by atoms with Crippen molar-refractivity contribution in [3.63, 3.8) is 0 Å². The smallest absolute Gasteiger partial charge is 0.0465 e. The number of benzene rings is 10. The van der Waals surface area contributed by atoms with E-state index in [1.807, 2.05) is 0 Å². The largest absolute Gasteiger partial charge is 0.310 e. The van der Waals surface area contributed by atoms with E-state index in [-0.39, 0.29) is 16.2 Å². The molecule has 0 heterocycles. The lowest BCUT2D eigenvalue weighted by Crippen LogP contribution is -2.18. The van der Waals surface area contributed by atoms with E-state index < -0.39 is 0 Å². The highest BCUT2D eigenvalue weighted by Crippen LogP contribution is 2.55. The van der Waals surface area contributed by atoms with Crippen LogP contribution in [0.25, 0.3) is 56.7 Å². The molecule has 0 aromatic heterocycles. The minimum atomic E-state index is -0.215. The molecule has 0 unspecified atom stereocenters. The van der Waals surface area contributed by atoms with Crippen LogP contribution in [0.4, 0.5) is 34.1 Å². The van der Waals surface area contributed by atoms with Gasteiger partial charge in [0.1, 0.15) is 0 Å². The molecule has 352 valence electrons. The van der Waals surface area contributed by atoms with Gasteiger partial charge in [0.15, 0.2) is 0 Å². The number of fused-ring (bicyclic) bond motifs is 9. The highest BCUT2D eigenvalue weighted by Gasteiger charge is 2.39. The first-order valence-electron chi connectivity index (χ1n) is 25.8. The van der Waals surface area contributed by atoms with Gasteiger partial charge < -0.3 is 9.80 Å². The molecule has 0 spiro atoms. The van der Waals surface area contributed by atoms with Crippen LogP contribution in [0.2, 0.25) is 0 Å². The van der Waals surface area contributed by atoms with Crippen molar-refractivity contribution in [1.29, 1.82) is 0 Å². The molecule has 2 nitrogen and oxygen atoms in total. The summed E-state index contributed by atoms with van der Waals surface area (Å²) in [6, 6.07) is 85.4. The van der Waals surface area contributed by atoms with Crippen LogP contribution in [0, 0.1) is 0 Å². The molecule has 0 atom stereocenters. The Hall–Kier alpha value is -8.46. The fourth-order valence-corrected chi connectivity index (χ4v) is 12.5. The lowest BCUT2D eigenvalue weighted by molar-refractivity contribution is 0.659. The Kier molecular flexibility index (Phi) is 10.3. The Bertz CT molecular complexity index is 3760. The molecule has 13 rings (SSSR count). The number of nitrogens with zero attached hydrogens (tertiary/aromatic N) is 2. The van der Waals surface area contributed by atoms with E-state index in [1.54, 1.807) is 0 Å². The minimum absolute atomic E-state index is 0.110. The molecule has 3 aliphatic carbocycles. The fourth-order valence-electron chi connectivity index (χ4n) is 12.5. The van der Waals surface area contributed by atoms with Crippen LogP contribution in [-0.2, 0) is 16.2 Å². The summed E-state index contributed by atoms with van der Waals surface area (Å²) in [7, 11) is 0. The second-order valence-electron chi connectivity index (χ2n) is 21.8. The molecular formula is C71H58N2. The first kappa shape index (κ1) is 44.5. The maximum absolute atomic E-state index is 2.46. The van der Waals surface area contributed by atoms with E-state index >= 15 is 0 Å². The van der Waals surface area contributed by atoms with Crippen molar-refractivity contribution >= 4 is 46.3 Å².